The van der Waals surface area contributed by atoms with Crippen molar-refractivity contribution < 1.29 is 4.79 Å². The molecule has 178 valence electrons. The third-order valence-corrected chi connectivity index (χ3v) is 6.49. The minimum Gasteiger partial charge on any atom is -0.372 e. The van der Waals surface area contributed by atoms with Gasteiger partial charge >= 0.3 is 0 Å². The minimum absolute atomic E-state index is 0.208. The van der Waals surface area contributed by atoms with Crippen LogP contribution in [0.25, 0.3) is 0 Å². The quantitative estimate of drug-likeness (QED) is 0.427. The molecule has 3 heterocycles. The molecule has 0 saturated carbocycles. The molecular weight excluding hydrogens is 438 g/mol. The van der Waals surface area contributed by atoms with Gasteiger partial charge in [0.05, 0.1) is 5.54 Å². The van der Waals surface area contributed by atoms with Crippen LogP contribution in [0.5, 0.6) is 0 Å². The molecule has 1 saturated heterocycles. The zero-order chi connectivity index (χ0) is 24.3. The number of rotatable bonds is 6. The molecule has 1 amide bonds. The Labute approximate surface area is 204 Å². The number of hydrogen-bond donors (Lipinski definition) is 4. The van der Waals surface area contributed by atoms with E-state index in [1.807, 2.05) is 67.6 Å². The van der Waals surface area contributed by atoms with Gasteiger partial charge in [-0.1, -0.05) is 30.4 Å². The second kappa shape index (κ2) is 9.54. The van der Waals surface area contributed by atoms with Gasteiger partial charge in [-0.3, -0.25) is 9.59 Å². The van der Waals surface area contributed by atoms with Crippen LogP contribution < -0.4 is 26.4 Å². The molecule has 3 aromatic rings. The number of aromatic amines is 1. The number of amides is 1. The average Bonchev–Trinajstić information content (AvgIpc) is 3.41. The Kier molecular flexibility index (Phi) is 6.14. The van der Waals surface area contributed by atoms with E-state index in [0.717, 1.165) is 35.8 Å². The number of nitrogens with one attached hydrogen (secondary N) is 4. The smallest absolute Gasteiger partial charge is 0.271 e. The molecule has 0 spiro atoms. The highest BCUT2D eigenvalue weighted by Gasteiger charge is 2.27. The van der Waals surface area contributed by atoms with Crippen molar-refractivity contribution in [3.63, 3.8) is 0 Å². The Bertz CT molecular complexity index is 1320. The largest absolute Gasteiger partial charge is 0.372 e. The van der Waals surface area contributed by atoms with Gasteiger partial charge in [-0.25, -0.2) is 0 Å². The van der Waals surface area contributed by atoms with E-state index in [1.165, 1.54) is 12.8 Å². The molecule has 2 aliphatic rings. The van der Waals surface area contributed by atoms with Crippen LogP contribution in [-0.2, 0) is 5.54 Å². The van der Waals surface area contributed by atoms with Crippen molar-refractivity contribution in [1.29, 1.82) is 0 Å². The highest BCUT2D eigenvalue weighted by atomic mass is 16.2. The Morgan fingerprint density at radius 1 is 1.03 bits per heavy atom. The third kappa shape index (κ3) is 4.99. The number of carbonyl (C=O) groups is 1. The fraction of sp³-hybridized carbons (Fsp3) is 0.214. The number of nitrogens with zero attached hydrogens (tertiary/aromatic N) is 1. The average molecular weight is 468 g/mol. The number of anilines is 3. The summed E-state index contributed by atoms with van der Waals surface area (Å²) in [6.45, 7) is 4.11. The summed E-state index contributed by atoms with van der Waals surface area (Å²) in [5.41, 5.74) is 2.68. The summed E-state index contributed by atoms with van der Waals surface area (Å²) < 4.78 is 0. The van der Waals surface area contributed by atoms with Crippen molar-refractivity contribution in [2.45, 2.75) is 25.3 Å². The normalized spacial score (nSPS) is 19.1. The Morgan fingerprint density at radius 2 is 1.77 bits per heavy atom. The number of hydrogen-bond acceptors (Lipinski definition) is 5. The fourth-order valence-corrected chi connectivity index (χ4v) is 4.49. The van der Waals surface area contributed by atoms with Crippen molar-refractivity contribution in [2.24, 2.45) is 0 Å². The summed E-state index contributed by atoms with van der Waals surface area (Å²) in [5.74, 6) is 0.514. The number of benzene rings is 2. The predicted molar refractivity (Wildman–Crippen MR) is 141 cm³/mol. The van der Waals surface area contributed by atoms with E-state index in [2.05, 4.69) is 25.8 Å². The Morgan fingerprint density at radius 3 is 2.51 bits per heavy atom. The lowest BCUT2D eigenvalue weighted by atomic mass is 9.91. The van der Waals surface area contributed by atoms with Crippen LogP contribution >= 0.6 is 0 Å². The molecule has 1 atom stereocenters. The number of carbonyl (C=O) groups excluding carboxylic acids is 1. The first-order valence-corrected chi connectivity index (χ1v) is 11.9. The number of allylic oxidation sites excluding steroid dienone is 2. The van der Waals surface area contributed by atoms with Crippen molar-refractivity contribution in [3.8, 4) is 0 Å². The van der Waals surface area contributed by atoms with Gasteiger partial charge in [-0.05, 0) is 73.9 Å². The molecule has 35 heavy (non-hydrogen) atoms. The van der Waals surface area contributed by atoms with E-state index >= 15 is 0 Å². The van der Waals surface area contributed by atoms with Gasteiger partial charge in [0, 0.05) is 36.2 Å². The van der Waals surface area contributed by atoms with E-state index in [9.17, 15) is 9.59 Å². The van der Waals surface area contributed by atoms with Crippen LogP contribution in [0.1, 0.15) is 35.7 Å². The van der Waals surface area contributed by atoms with Gasteiger partial charge in [0.15, 0.2) is 0 Å². The van der Waals surface area contributed by atoms with E-state index in [4.69, 9.17) is 0 Å². The molecule has 5 rings (SSSR count). The lowest BCUT2D eigenvalue weighted by molar-refractivity contribution is 0.102. The summed E-state index contributed by atoms with van der Waals surface area (Å²) in [5, 5.41) is 9.63. The zero-order valence-electron chi connectivity index (χ0n) is 19.7. The molecule has 7 nitrogen and oxygen atoms in total. The second-order valence-corrected chi connectivity index (χ2v) is 9.08. The molecule has 0 aliphatic carbocycles. The molecule has 0 bridgehead atoms. The van der Waals surface area contributed by atoms with Crippen LogP contribution in [0.15, 0.2) is 95.7 Å². The molecule has 4 N–H and O–H groups in total. The number of H-pyrrole nitrogens is 1. The topological polar surface area (TPSA) is 89.3 Å². The van der Waals surface area contributed by atoms with Gasteiger partial charge in [0.2, 0.25) is 0 Å². The highest BCUT2D eigenvalue weighted by Crippen LogP contribution is 2.27. The van der Waals surface area contributed by atoms with Crippen molar-refractivity contribution >= 4 is 23.0 Å². The third-order valence-electron chi connectivity index (χ3n) is 6.49. The number of para-hydroxylation sites is 1. The van der Waals surface area contributed by atoms with Crippen molar-refractivity contribution in [1.82, 2.24) is 10.3 Å². The van der Waals surface area contributed by atoms with Crippen LogP contribution in [0.2, 0.25) is 0 Å². The van der Waals surface area contributed by atoms with Gasteiger partial charge in [-0.2, -0.15) is 0 Å². The number of aromatic nitrogens is 1. The summed E-state index contributed by atoms with van der Waals surface area (Å²) in [7, 11) is 0. The SMILES string of the molecule is C[C@@]1(c2c[nH]c(=O)c(NC(=O)c3ccc(N4CCCC4)cc3)c2)C=CC=C(Nc2ccccc2)N1. The van der Waals surface area contributed by atoms with E-state index in [0.29, 0.717) is 5.56 Å². The summed E-state index contributed by atoms with van der Waals surface area (Å²) in [6, 6.07) is 19.1. The molecule has 0 radical (unpaired) electrons. The fourth-order valence-electron chi connectivity index (χ4n) is 4.49. The second-order valence-electron chi connectivity index (χ2n) is 9.08. The first-order valence-electron chi connectivity index (χ1n) is 11.9. The van der Waals surface area contributed by atoms with Gasteiger partial charge < -0.3 is 25.8 Å². The Balaban J connectivity index is 1.31. The van der Waals surface area contributed by atoms with E-state index in [1.54, 1.807) is 24.4 Å². The predicted octanol–water partition coefficient (Wildman–Crippen LogP) is 4.56. The zero-order valence-corrected chi connectivity index (χ0v) is 19.7. The maximum Gasteiger partial charge on any atom is 0.271 e. The Hall–Kier alpha value is -4.26. The van der Waals surface area contributed by atoms with E-state index in [-0.39, 0.29) is 17.2 Å². The molecular formula is C28H29N5O2. The maximum absolute atomic E-state index is 12.9. The summed E-state index contributed by atoms with van der Waals surface area (Å²) in [4.78, 5) is 30.5. The van der Waals surface area contributed by atoms with Crippen LogP contribution in [0.4, 0.5) is 17.1 Å². The lowest BCUT2D eigenvalue weighted by Crippen LogP contribution is -2.41. The summed E-state index contributed by atoms with van der Waals surface area (Å²) >= 11 is 0. The van der Waals surface area contributed by atoms with Crippen molar-refractivity contribution in [3.05, 3.63) is 112 Å². The molecule has 2 aromatic carbocycles. The molecule has 0 unspecified atom stereocenters. The summed E-state index contributed by atoms with van der Waals surface area (Å²) in [6.07, 6.45) is 10.0. The first-order chi connectivity index (χ1) is 17.0. The van der Waals surface area contributed by atoms with Crippen LogP contribution in [0.3, 0.4) is 0 Å². The van der Waals surface area contributed by atoms with Gasteiger partial charge in [-0.15, -0.1) is 0 Å². The standard InChI is InChI=1S/C28H29N5O2/c1-28(15-7-10-25(32-28)30-22-8-3-2-4-9-22)21-18-24(27(35)29-19-21)31-26(34)20-11-13-23(14-12-20)33-16-5-6-17-33/h2-4,7-15,18-19,30,32H,5-6,16-17H2,1H3,(H,29,35)(H,31,34)/t28-/m0/s1. The van der Waals surface area contributed by atoms with Gasteiger partial charge in [0.25, 0.3) is 11.5 Å². The van der Waals surface area contributed by atoms with E-state index < -0.39 is 5.54 Å². The monoisotopic (exact) mass is 467 g/mol. The van der Waals surface area contributed by atoms with Gasteiger partial charge in [0.1, 0.15) is 11.5 Å². The van der Waals surface area contributed by atoms with Crippen LogP contribution in [-0.4, -0.2) is 24.0 Å². The van der Waals surface area contributed by atoms with Crippen molar-refractivity contribution in [2.75, 3.05) is 28.6 Å². The highest BCUT2D eigenvalue weighted by molar-refractivity contribution is 6.04. The molecule has 7 heteroatoms. The lowest BCUT2D eigenvalue weighted by Gasteiger charge is -2.33. The molecule has 1 fully saturated rings. The molecule has 1 aromatic heterocycles. The maximum atomic E-state index is 12.9. The number of dihydropyridines is 1. The first kappa shape index (κ1) is 22.5. The minimum atomic E-state index is -0.590. The molecule has 2 aliphatic heterocycles. The number of pyridine rings is 1. The van der Waals surface area contributed by atoms with Crippen LogP contribution in [0, 0.1) is 0 Å².